The maximum Gasteiger partial charge on any atom is 0.0961 e. The molecule has 3 heteroatoms. The van der Waals surface area contributed by atoms with E-state index in [1.165, 1.54) is 0 Å². The summed E-state index contributed by atoms with van der Waals surface area (Å²) < 4.78 is 0. The summed E-state index contributed by atoms with van der Waals surface area (Å²) in [6.45, 7) is 2.36. The molecule has 1 saturated heterocycles. The van der Waals surface area contributed by atoms with Gasteiger partial charge in [0.25, 0.3) is 0 Å². The number of rotatable bonds is 0. The molecule has 0 amide bonds. The summed E-state index contributed by atoms with van der Waals surface area (Å²) in [7, 11) is 0. The molecule has 1 heterocycles. The molecule has 1 aliphatic heterocycles. The Morgan fingerprint density at radius 2 is 2.12 bits per heavy atom. The minimum absolute atomic E-state index is 0.0463. The van der Waals surface area contributed by atoms with Crippen molar-refractivity contribution in [3.05, 3.63) is 0 Å². The quantitative estimate of drug-likeness (QED) is 0.369. The van der Waals surface area contributed by atoms with Crippen LogP contribution in [0.3, 0.4) is 0 Å². The first-order valence-electron chi connectivity index (χ1n) is 2.81. The van der Waals surface area contributed by atoms with Crippen LogP contribution < -0.4 is 5.32 Å². The van der Waals surface area contributed by atoms with E-state index in [1.54, 1.807) is 0 Å². The maximum absolute atomic E-state index is 8.95. The molecular formula is C5H11NO2. The Bertz CT molecular complexity index is 76.5. The van der Waals surface area contributed by atoms with Crippen LogP contribution >= 0.6 is 0 Å². The molecule has 3 N–H and O–H groups in total. The Labute approximate surface area is 48.3 Å². The monoisotopic (exact) mass is 117 g/mol. The van der Waals surface area contributed by atoms with Crippen LogP contribution in [0, 0.1) is 0 Å². The summed E-state index contributed by atoms with van der Waals surface area (Å²) in [6, 6.07) is 0.0463. The highest BCUT2D eigenvalue weighted by Gasteiger charge is 2.28. The van der Waals surface area contributed by atoms with Crippen molar-refractivity contribution in [2.75, 3.05) is 6.54 Å². The fraction of sp³-hybridized carbons (Fsp3) is 1.00. The lowest BCUT2D eigenvalue weighted by molar-refractivity contribution is 0.0436. The van der Waals surface area contributed by atoms with Crippen molar-refractivity contribution in [1.82, 2.24) is 5.32 Å². The summed E-state index contributed by atoms with van der Waals surface area (Å²) >= 11 is 0. The van der Waals surface area contributed by atoms with E-state index in [9.17, 15) is 0 Å². The topological polar surface area (TPSA) is 52.5 Å². The molecule has 1 aliphatic rings. The molecule has 0 aromatic heterocycles. The molecule has 0 unspecified atom stereocenters. The van der Waals surface area contributed by atoms with E-state index < -0.39 is 12.2 Å². The van der Waals surface area contributed by atoms with Gasteiger partial charge >= 0.3 is 0 Å². The van der Waals surface area contributed by atoms with E-state index in [4.69, 9.17) is 10.2 Å². The lowest BCUT2D eigenvalue weighted by Gasteiger charge is -2.08. The molecule has 1 rings (SSSR count). The van der Waals surface area contributed by atoms with Crippen molar-refractivity contribution < 1.29 is 10.2 Å². The zero-order chi connectivity index (χ0) is 6.15. The molecule has 48 valence electrons. The van der Waals surface area contributed by atoms with Crippen LogP contribution in [0.15, 0.2) is 0 Å². The summed E-state index contributed by atoms with van der Waals surface area (Å²) in [5.41, 5.74) is 0. The molecule has 3 atom stereocenters. The average Bonchev–Trinajstić information content (AvgIpc) is 1.98. The Morgan fingerprint density at radius 1 is 1.50 bits per heavy atom. The van der Waals surface area contributed by atoms with Gasteiger partial charge in [-0.1, -0.05) is 0 Å². The Morgan fingerprint density at radius 3 is 2.25 bits per heavy atom. The van der Waals surface area contributed by atoms with Crippen molar-refractivity contribution in [1.29, 1.82) is 0 Å². The SMILES string of the molecule is C[C@H]1NC[C@@H](O)[C@@H]1O. The van der Waals surface area contributed by atoms with Crippen LogP contribution in [0.25, 0.3) is 0 Å². The van der Waals surface area contributed by atoms with E-state index in [1.807, 2.05) is 6.92 Å². The van der Waals surface area contributed by atoms with Crippen molar-refractivity contribution in [2.45, 2.75) is 25.2 Å². The molecule has 0 saturated carbocycles. The molecule has 0 aromatic carbocycles. The highest BCUT2D eigenvalue weighted by molar-refractivity contribution is 4.86. The van der Waals surface area contributed by atoms with E-state index in [-0.39, 0.29) is 6.04 Å². The Hall–Kier alpha value is -0.120. The number of hydrogen-bond donors (Lipinski definition) is 3. The van der Waals surface area contributed by atoms with Crippen LogP contribution in [-0.4, -0.2) is 35.0 Å². The third-order valence-electron chi connectivity index (χ3n) is 1.56. The third-order valence-corrected chi connectivity index (χ3v) is 1.56. The molecular weight excluding hydrogens is 106 g/mol. The normalized spacial score (nSPS) is 47.6. The van der Waals surface area contributed by atoms with E-state index >= 15 is 0 Å². The van der Waals surface area contributed by atoms with Crippen molar-refractivity contribution in [3.63, 3.8) is 0 Å². The van der Waals surface area contributed by atoms with Gasteiger partial charge in [-0.05, 0) is 6.92 Å². The number of β-amino-alcohol motifs (C(OH)–C–C–N with tert-alkyl or cyclic N) is 1. The molecule has 0 aromatic rings. The predicted molar refractivity (Wildman–Crippen MR) is 29.5 cm³/mol. The van der Waals surface area contributed by atoms with Gasteiger partial charge in [-0.15, -0.1) is 0 Å². The largest absolute Gasteiger partial charge is 0.389 e. The lowest BCUT2D eigenvalue weighted by Crippen LogP contribution is -2.29. The first kappa shape index (κ1) is 6.01. The summed E-state index contributed by atoms with van der Waals surface area (Å²) in [5, 5.41) is 20.7. The van der Waals surface area contributed by atoms with Gasteiger partial charge in [0, 0.05) is 12.6 Å². The van der Waals surface area contributed by atoms with Crippen LogP contribution in [0.4, 0.5) is 0 Å². The standard InChI is InChI=1S/C5H11NO2/c1-3-5(8)4(7)2-6-3/h3-8H,2H2,1H3/t3-,4-,5-/m1/s1. The van der Waals surface area contributed by atoms with Crippen LogP contribution in [-0.2, 0) is 0 Å². The minimum Gasteiger partial charge on any atom is -0.389 e. The van der Waals surface area contributed by atoms with Crippen LogP contribution in [0.1, 0.15) is 6.92 Å². The van der Waals surface area contributed by atoms with Crippen molar-refractivity contribution in [3.8, 4) is 0 Å². The van der Waals surface area contributed by atoms with Gasteiger partial charge in [0.05, 0.1) is 12.2 Å². The maximum atomic E-state index is 8.95. The van der Waals surface area contributed by atoms with Gasteiger partial charge in [0.2, 0.25) is 0 Å². The van der Waals surface area contributed by atoms with Crippen molar-refractivity contribution >= 4 is 0 Å². The predicted octanol–water partition coefficient (Wildman–Crippen LogP) is -1.30. The van der Waals surface area contributed by atoms with Crippen LogP contribution in [0.2, 0.25) is 0 Å². The van der Waals surface area contributed by atoms with E-state index in [0.717, 1.165) is 0 Å². The molecule has 3 nitrogen and oxygen atoms in total. The van der Waals surface area contributed by atoms with Gasteiger partial charge < -0.3 is 15.5 Å². The lowest BCUT2D eigenvalue weighted by atomic mass is 10.2. The Balaban J connectivity index is 2.44. The minimum atomic E-state index is -0.574. The zero-order valence-electron chi connectivity index (χ0n) is 4.83. The number of aliphatic hydroxyl groups excluding tert-OH is 2. The second-order valence-electron chi connectivity index (χ2n) is 2.25. The first-order chi connectivity index (χ1) is 3.72. The summed E-state index contributed by atoms with van der Waals surface area (Å²) in [5.74, 6) is 0. The molecule has 0 bridgehead atoms. The van der Waals surface area contributed by atoms with Gasteiger partial charge in [-0.3, -0.25) is 0 Å². The second-order valence-corrected chi connectivity index (χ2v) is 2.25. The smallest absolute Gasteiger partial charge is 0.0961 e. The Kier molecular flexibility index (Phi) is 1.51. The fourth-order valence-corrected chi connectivity index (χ4v) is 0.881. The number of aliphatic hydroxyl groups is 2. The van der Waals surface area contributed by atoms with Gasteiger partial charge in [0.1, 0.15) is 0 Å². The average molecular weight is 117 g/mol. The van der Waals surface area contributed by atoms with E-state index in [0.29, 0.717) is 6.54 Å². The number of nitrogens with one attached hydrogen (secondary N) is 1. The highest BCUT2D eigenvalue weighted by Crippen LogP contribution is 2.05. The van der Waals surface area contributed by atoms with Gasteiger partial charge in [0.15, 0.2) is 0 Å². The van der Waals surface area contributed by atoms with Crippen LogP contribution in [0.5, 0.6) is 0 Å². The molecule has 0 radical (unpaired) electrons. The second kappa shape index (κ2) is 2.01. The zero-order valence-corrected chi connectivity index (χ0v) is 4.83. The van der Waals surface area contributed by atoms with Crippen molar-refractivity contribution in [2.24, 2.45) is 0 Å². The summed E-state index contributed by atoms with van der Waals surface area (Å²) in [4.78, 5) is 0. The summed E-state index contributed by atoms with van der Waals surface area (Å²) in [6.07, 6.45) is -1.14. The number of hydrogen-bond acceptors (Lipinski definition) is 3. The fourth-order valence-electron chi connectivity index (χ4n) is 0.881. The molecule has 8 heavy (non-hydrogen) atoms. The molecule has 0 spiro atoms. The van der Waals surface area contributed by atoms with Gasteiger partial charge in [-0.25, -0.2) is 0 Å². The molecule has 0 aliphatic carbocycles. The van der Waals surface area contributed by atoms with Gasteiger partial charge in [-0.2, -0.15) is 0 Å². The highest BCUT2D eigenvalue weighted by atomic mass is 16.3. The van der Waals surface area contributed by atoms with E-state index in [2.05, 4.69) is 5.32 Å². The molecule has 1 fully saturated rings. The first-order valence-corrected chi connectivity index (χ1v) is 2.81. The third kappa shape index (κ3) is 0.844.